The summed E-state index contributed by atoms with van der Waals surface area (Å²) in [6, 6.07) is 12.9. The standard InChI is InChI=1S/C18H15N3O3S/c1-12-2-5-16(6-3-12)25(23,24)20-11-15-9-14-8-13(10-19)4-7-17(14)21(15)18(20)22/h2-8,15H,9,11H2,1H3. The number of carbonyl (C=O) groups is 1. The third-order valence-electron chi connectivity index (χ3n) is 4.69. The molecular weight excluding hydrogens is 338 g/mol. The number of urea groups is 1. The monoisotopic (exact) mass is 353 g/mol. The number of hydrogen-bond acceptors (Lipinski definition) is 4. The Hall–Kier alpha value is -2.85. The van der Waals surface area contributed by atoms with Gasteiger partial charge < -0.3 is 0 Å². The Labute approximate surface area is 146 Å². The average Bonchev–Trinajstić information content (AvgIpc) is 3.11. The summed E-state index contributed by atoms with van der Waals surface area (Å²) >= 11 is 0. The molecule has 2 amide bonds. The fourth-order valence-corrected chi connectivity index (χ4v) is 4.83. The van der Waals surface area contributed by atoms with Crippen LogP contribution in [0.3, 0.4) is 0 Å². The molecule has 1 unspecified atom stereocenters. The average molecular weight is 353 g/mol. The molecule has 0 saturated carbocycles. The summed E-state index contributed by atoms with van der Waals surface area (Å²) in [7, 11) is -3.87. The van der Waals surface area contributed by atoms with Gasteiger partial charge in [-0.1, -0.05) is 17.7 Å². The zero-order valence-electron chi connectivity index (χ0n) is 13.5. The van der Waals surface area contributed by atoms with E-state index in [1.807, 2.05) is 6.92 Å². The highest BCUT2D eigenvalue weighted by Crippen LogP contribution is 2.39. The van der Waals surface area contributed by atoms with Crippen LogP contribution in [-0.2, 0) is 16.4 Å². The molecule has 1 saturated heterocycles. The maximum atomic E-state index is 12.8. The molecule has 2 aromatic carbocycles. The maximum absolute atomic E-state index is 12.8. The topological polar surface area (TPSA) is 81.5 Å². The first-order valence-electron chi connectivity index (χ1n) is 7.87. The van der Waals surface area contributed by atoms with Gasteiger partial charge in [0.25, 0.3) is 10.0 Å². The van der Waals surface area contributed by atoms with Crippen LogP contribution in [0.1, 0.15) is 16.7 Å². The molecule has 1 fully saturated rings. The normalized spacial score (nSPS) is 18.9. The summed E-state index contributed by atoms with van der Waals surface area (Å²) < 4.78 is 26.6. The van der Waals surface area contributed by atoms with Gasteiger partial charge >= 0.3 is 6.03 Å². The van der Waals surface area contributed by atoms with Crippen LogP contribution < -0.4 is 4.90 Å². The van der Waals surface area contributed by atoms with Gasteiger partial charge in [0.2, 0.25) is 0 Å². The molecule has 2 aliphatic rings. The van der Waals surface area contributed by atoms with Crippen molar-refractivity contribution in [3.8, 4) is 6.07 Å². The van der Waals surface area contributed by atoms with Crippen molar-refractivity contribution in [2.75, 3.05) is 11.4 Å². The number of amides is 2. The van der Waals surface area contributed by atoms with Crippen molar-refractivity contribution in [1.29, 1.82) is 5.26 Å². The van der Waals surface area contributed by atoms with Crippen LogP contribution in [-0.4, -0.2) is 31.3 Å². The molecule has 0 N–H and O–H groups in total. The van der Waals surface area contributed by atoms with Crippen molar-refractivity contribution >= 4 is 21.7 Å². The van der Waals surface area contributed by atoms with Gasteiger partial charge in [-0.3, -0.25) is 4.90 Å². The molecule has 0 aliphatic carbocycles. The van der Waals surface area contributed by atoms with E-state index in [0.717, 1.165) is 15.4 Å². The van der Waals surface area contributed by atoms with Crippen molar-refractivity contribution < 1.29 is 13.2 Å². The first-order valence-corrected chi connectivity index (χ1v) is 9.31. The molecule has 4 rings (SSSR count). The number of aryl methyl sites for hydroxylation is 1. The van der Waals surface area contributed by atoms with E-state index in [2.05, 4.69) is 6.07 Å². The minimum Gasteiger partial charge on any atom is -0.288 e. The van der Waals surface area contributed by atoms with Gasteiger partial charge in [-0.2, -0.15) is 5.26 Å². The summed E-state index contributed by atoms with van der Waals surface area (Å²) in [5, 5.41) is 9.00. The van der Waals surface area contributed by atoms with E-state index >= 15 is 0 Å². The number of sulfonamides is 1. The second kappa shape index (κ2) is 5.33. The summed E-state index contributed by atoms with van der Waals surface area (Å²) in [5.41, 5.74) is 3.09. The molecule has 0 spiro atoms. The second-order valence-electron chi connectivity index (χ2n) is 6.32. The summed E-state index contributed by atoms with van der Waals surface area (Å²) in [6.07, 6.45) is 0.552. The Morgan fingerprint density at radius 1 is 1.16 bits per heavy atom. The van der Waals surface area contributed by atoms with Crippen LogP contribution in [0.15, 0.2) is 47.4 Å². The van der Waals surface area contributed by atoms with Crippen LogP contribution in [0, 0.1) is 18.3 Å². The Morgan fingerprint density at radius 3 is 2.56 bits per heavy atom. The van der Waals surface area contributed by atoms with Crippen molar-refractivity contribution in [1.82, 2.24) is 4.31 Å². The van der Waals surface area contributed by atoms with Crippen LogP contribution in [0.25, 0.3) is 0 Å². The van der Waals surface area contributed by atoms with Crippen molar-refractivity contribution in [2.24, 2.45) is 0 Å². The number of nitriles is 1. The van der Waals surface area contributed by atoms with E-state index in [-0.39, 0.29) is 17.5 Å². The number of rotatable bonds is 2. The van der Waals surface area contributed by atoms with E-state index in [1.54, 1.807) is 30.3 Å². The van der Waals surface area contributed by atoms with Crippen LogP contribution in [0.2, 0.25) is 0 Å². The quantitative estimate of drug-likeness (QED) is 0.830. The molecule has 0 bridgehead atoms. The van der Waals surface area contributed by atoms with E-state index in [4.69, 9.17) is 5.26 Å². The molecular formula is C18H15N3O3S. The molecule has 0 aromatic heterocycles. The van der Waals surface area contributed by atoms with E-state index in [9.17, 15) is 13.2 Å². The fraction of sp³-hybridized carbons (Fsp3) is 0.222. The molecule has 2 aliphatic heterocycles. The van der Waals surface area contributed by atoms with Gasteiger partial charge in [-0.25, -0.2) is 17.5 Å². The number of anilines is 1. The van der Waals surface area contributed by atoms with E-state index in [1.165, 1.54) is 17.0 Å². The predicted octanol–water partition coefficient (Wildman–Crippen LogP) is 2.42. The van der Waals surface area contributed by atoms with Crippen LogP contribution >= 0.6 is 0 Å². The first-order chi connectivity index (χ1) is 11.9. The fourth-order valence-electron chi connectivity index (χ4n) is 3.43. The SMILES string of the molecule is Cc1ccc(S(=O)(=O)N2CC3Cc4cc(C#N)ccc4N3C2=O)cc1. The van der Waals surface area contributed by atoms with Crippen molar-refractivity contribution in [3.05, 3.63) is 59.2 Å². The zero-order chi connectivity index (χ0) is 17.8. The lowest BCUT2D eigenvalue weighted by Gasteiger charge is -2.18. The molecule has 2 heterocycles. The Morgan fingerprint density at radius 2 is 1.88 bits per heavy atom. The minimum absolute atomic E-state index is 0.117. The highest BCUT2D eigenvalue weighted by Gasteiger charge is 2.48. The smallest absolute Gasteiger partial charge is 0.288 e. The lowest BCUT2D eigenvalue weighted by Crippen LogP contribution is -2.36. The van der Waals surface area contributed by atoms with Gasteiger partial charge in [0.1, 0.15) is 0 Å². The maximum Gasteiger partial charge on any atom is 0.338 e. The lowest BCUT2D eigenvalue weighted by atomic mass is 10.1. The summed E-state index contributed by atoms with van der Waals surface area (Å²) in [6.45, 7) is 1.99. The van der Waals surface area contributed by atoms with Gasteiger partial charge in [0.05, 0.1) is 29.1 Å². The molecule has 7 heteroatoms. The third-order valence-corrected chi connectivity index (χ3v) is 6.45. The highest BCUT2D eigenvalue weighted by atomic mass is 32.2. The van der Waals surface area contributed by atoms with Crippen LogP contribution in [0.5, 0.6) is 0 Å². The van der Waals surface area contributed by atoms with E-state index in [0.29, 0.717) is 17.7 Å². The summed E-state index contributed by atoms with van der Waals surface area (Å²) in [4.78, 5) is 14.4. The number of hydrogen-bond donors (Lipinski definition) is 0. The predicted molar refractivity (Wildman–Crippen MR) is 91.6 cm³/mol. The largest absolute Gasteiger partial charge is 0.338 e. The summed E-state index contributed by atoms with van der Waals surface area (Å²) in [5.74, 6) is 0. The number of nitrogens with zero attached hydrogens (tertiary/aromatic N) is 3. The van der Waals surface area contributed by atoms with Gasteiger partial charge in [-0.05, 0) is 49.2 Å². The van der Waals surface area contributed by atoms with Gasteiger partial charge in [0, 0.05) is 5.69 Å². The van der Waals surface area contributed by atoms with E-state index < -0.39 is 16.1 Å². The molecule has 0 radical (unpaired) electrons. The van der Waals surface area contributed by atoms with Crippen molar-refractivity contribution in [2.45, 2.75) is 24.3 Å². The number of carbonyl (C=O) groups excluding carboxylic acids is 1. The second-order valence-corrected chi connectivity index (χ2v) is 8.18. The highest BCUT2D eigenvalue weighted by molar-refractivity contribution is 7.89. The lowest BCUT2D eigenvalue weighted by molar-refractivity contribution is 0.239. The third kappa shape index (κ3) is 2.29. The minimum atomic E-state index is -3.87. The number of fused-ring (bicyclic) bond motifs is 3. The number of benzene rings is 2. The molecule has 25 heavy (non-hydrogen) atoms. The Kier molecular flexibility index (Phi) is 3.34. The molecule has 126 valence electrons. The molecule has 6 nitrogen and oxygen atoms in total. The first kappa shape index (κ1) is 15.7. The zero-order valence-corrected chi connectivity index (χ0v) is 14.3. The van der Waals surface area contributed by atoms with Gasteiger partial charge in [0.15, 0.2) is 0 Å². The van der Waals surface area contributed by atoms with Gasteiger partial charge in [-0.15, -0.1) is 0 Å². The van der Waals surface area contributed by atoms with Crippen LogP contribution in [0.4, 0.5) is 10.5 Å². The Bertz CT molecular complexity index is 1020. The molecule has 1 atom stereocenters. The van der Waals surface area contributed by atoms with Crippen molar-refractivity contribution in [3.63, 3.8) is 0 Å². The molecule has 2 aromatic rings. The Balaban J connectivity index is 1.69.